The zero-order chi connectivity index (χ0) is 14.4. The summed E-state index contributed by atoms with van der Waals surface area (Å²) in [4.78, 5) is 11.9. The number of nitrogens with one attached hydrogen (secondary N) is 1. The summed E-state index contributed by atoms with van der Waals surface area (Å²) in [6.07, 6.45) is 0.585. The topological polar surface area (TPSA) is 47.6 Å². The Morgan fingerprint density at radius 2 is 2.05 bits per heavy atom. The zero-order valence-electron chi connectivity index (χ0n) is 12.2. The molecule has 1 heterocycles. The van der Waals surface area contributed by atoms with E-state index in [-0.39, 0.29) is 12.1 Å². The summed E-state index contributed by atoms with van der Waals surface area (Å²) in [5.41, 5.74) is 0.994. The Morgan fingerprint density at radius 3 is 2.80 bits per heavy atom. The van der Waals surface area contributed by atoms with Gasteiger partial charge in [0.25, 0.3) is 0 Å². The van der Waals surface area contributed by atoms with E-state index in [0.717, 1.165) is 18.6 Å². The molecule has 1 aromatic carbocycles. The first-order valence-corrected chi connectivity index (χ1v) is 7.20. The molecule has 0 bridgehead atoms. The van der Waals surface area contributed by atoms with Crippen LogP contribution in [0, 0.1) is 11.8 Å². The van der Waals surface area contributed by atoms with Gasteiger partial charge in [0.05, 0.1) is 6.61 Å². The van der Waals surface area contributed by atoms with Crippen molar-refractivity contribution < 1.29 is 14.3 Å². The van der Waals surface area contributed by atoms with Crippen LogP contribution in [-0.2, 0) is 16.1 Å². The largest absolute Gasteiger partial charge is 0.445 e. The van der Waals surface area contributed by atoms with Gasteiger partial charge in [-0.2, -0.15) is 0 Å². The lowest BCUT2D eigenvalue weighted by Crippen LogP contribution is -2.41. The molecule has 2 rings (SSSR count). The Balaban J connectivity index is 1.81. The highest BCUT2D eigenvalue weighted by Crippen LogP contribution is 2.19. The van der Waals surface area contributed by atoms with Crippen LogP contribution in [0.5, 0.6) is 0 Å². The fourth-order valence-electron chi connectivity index (χ4n) is 2.42. The van der Waals surface area contributed by atoms with Gasteiger partial charge in [-0.1, -0.05) is 44.2 Å². The van der Waals surface area contributed by atoms with E-state index in [1.54, 1.807) is 0 Å². The summed E-state index contributed by atoms with van der Waals surface area (Å²) >= 11 is 0. The van der Waals surface area contributed by atoms with Crippen LogP contribution in [0.2, 0.25) is 0 Å². The third-order valence-corrected chi connectivity index (χ3v) is 3.64. The van der Waals surface area contributed by atoms with Gasteiger partial charge in [0.2, 0.25) is 0 Å². The molecule has 1 aliphatic rings. The SMILES string of the molecule is CC1COCC(C)C(NC(=O)OCc2ccccc2)C1. The molecule has 0 radical (unpaired) electrons. The van der Waals surface area contributed by atoms with Crippen LogP contribution in [0.1, 0.15) is 25.8 Å². The standard InChI is InChI=1S/C16H23NO3/c1-12-8-15(13(2)10-19-9-12)17-16(18)20-11-14-6-4-3-5-7-14/h3-7,12-13,15H,8-11H2,1-2H3,(H,17,18). The van der Waals surface area contributed by atoms with E-state index in [1.807, 2.05) is 30.3 Å². The Labute approximate surface area is 120 Å². The van der Waals surface area contributed by atoms with E-state index in [1.165, 1.54) is 0 Å². The summed E-state index contributed by atoms with van der Waals surface area (Å²) in [6.45, 7) is 6.00. The molecule has 1 fully saturated rings. The van der Waals surface area contributed by atoms with Crippen molar-refractivity contribution in [2.24, 2.45) is 11.8 Å². The molecule has 1 N–H and O–H groups in total. The van der Waals surface area contributed by atoms with Crippen LogP contribution >= 0.6 is 0 Å². The number of hydrogen-bond donors (Lipinski definition) is 1. The van der Waals surface area contributed by atoms with E-state index in [2.05, 4.69) is 19.2 Å². The average Bonchev–Trinajstić information content (AvgIpc) is 2.60. The summed E-state index contributed by atoms with van der Waals surface area (Å²) in [7, 11) is 0. The van der Waals surface area contributed by atoms with Crippen LogP contribution in [0.15, 0.2) is 30.3 Å². The van der Waals surface area contributed by atoms with Gasteiger partial charge in [-0.25, -0.2) is 4.79 Å². The molecule has 0 saturated carbocycles. The van der Waals surface area contributed by atoms with Crippen LogP contribution in [-0.4, -0.2) is 25.3 Å². The Morgan fingerprint density at radius 1 is 1.30 bits per heavy atom. The molecule has 20 heavy (non-hydrogen) atoms. The van der Waals surface area contributed by atoms with Gasteiger partial charge in [0.1, 0.15) is 6.61 Å². The highest BCUT2D eigenvalue weighted by Gasteiger charge is 2.25. The van der Waals surface area contributed by atoms with Crippen molar-refractivity contribution in [3.8, 4) is 0 Å². The summed E-state index contributed by atoms with van der Waals surface area (Å²) < 4.78 is 10.8. The van der Waals surface area contributed by atoms with Crippen molar-refractivity contribution in [3.63, 3.8) is 0 Å². The normalized spacial score (nSPS) is 26.6. The van der Waals surface area contributed by atoms with Crippen molar-refractivity contribution in [2.45, 2.75) is 32.9 Å². The second kappa shape index (κ2) is 7.29. The number of hydrogen-bond acceptors (Lipinski definition) is 3. The third-order valence-electron chi connectivity index (χ3n) is 3.64. The minimum absolute atomic E-state index is 0.121. The summed E-state index contributed by atoms with van der Waals surface area (Å²) in [5.74, 6) is 0.767. The average molecular weight is 277 g/mol. The van der Waals surface area contributed by atoms with Gasteiger partial charge in [-0.3, -0.25) is 0 Å². The van der Waals surface area contributed by atoms with Crippen molar-refractivity contribution in [2.75, 3.05) is 13.2 Å². The van der Waals surface area contributed by atoms with E-state index < -0.39 is 0 Å². The van der Waals surface area contributed by atoms with Gasteiger partial charge < -0.3 is 14.8 Å². The molecular weight excluding hydrogens is 254 g/mol. The number of rotatable bonds is 3. The van der Waals surface area contributed by atoms with E-state index in [9.17, 15) is 4.79 Å². The molecule has 4 heteroatoms. The van der Waals surface area contributed by atoms with E-state index in [4.69, 9.17) is 9.47 Å². The molecule has 110 valence electrons. The third kappa shape index (κ3) is 4.53. The van der Waals surface area contributed by atoms with E-state index in [0.29, 0.717) is 25.0 Å². The van der Waals surface area contributed by atoms with Crippen LogP contribution < -0.4 is 5.32 Å². The first-order valence-electron chi connectivity index (χ1n) is 7.20. The van der Waals surface area contributed by atoms with Crippen molar-refractivity contribution in [1.82, 2.24) is 5.32 Å². The van der Waals surface area contributed by atoms with Gasteiger partial charge in [0, 0.05) is 12.6 Å². The maximum absolute atomic E-state index is 11.9. The molecular formula is C16H23NO3. The first kappa shape index (κ1) is 14.9. The molecule has 0 aliphatic carbocycles. The number of ether oxygens (including phenoxy) is 2. The quantitative estimate of drug-likeness (QED) is 0.924. The number of alkyl carbamates (subject to hydrolysis) is 1. The monoisotopic (exact) mass is 277 g/mol. The second-order valence-electron chi connectivity index (χ2n) is 5.67. The molecule has 0 aromatic heterocycles. The molecule has 3 atom stereocenters. The van der Waals surface area contributed by atoms with Crippen LogP contribution in [0.25, 0.3) is 0 Å². The summed E-state index contributed by atoms with van der Waals surface area (Å²) in [6, 6.07) is 9.81. The zero-order valence-corrected chi connectivity index (χ0v) is 12.2. The predicted molar refractivity (Wildman–Crippen MR) is 77.3 cm³/mol. The minimum atomic E-state index is -0.347. The molecule has 0 spiro atoms. The van der Waals surface area contributed by atoms with Crippen LogP contribution in [0.3, 0.4) is 0 Å². The number of carbonyl (C=O) groups is 1. The van der Waals surface area contributed by atoms with Gasteiger partial charge in [-0.05, 0) is 23.8 Å². The number of amides is 1. The smallest absolute Gasteiger partial charge is 0.407 e. The lowest BCUT2D eigenvalue weighted by molar-refractivity contribution is 0.0976. The van der Waals surface area contributed by atoms with Gasteiger partial charge in [0.15, 0.2) is 0 Å². The maximum atomic E-state index is 11.9. The molecule has 1 amide bonds. The molecule has 3 unspecified atom stereocenters. The lowest BCUT2D eigenvalue weighted by Gasteiger charge is -2.23. The fourth-order valence-corrected chi connectivity index (χ4v) is 2.42. The molecule has 4 nitrogen and oxygen atoms in total. The maximum Gasteiger partial charge on any atom is 0.407 e. The number of carbonyl (C=O) groups excluding carboxylic acids is 1. The lowest BCUT2D eigenvalue weighted by atomic mass is 9.95. The van der Waals surface area contributed by atoms with Crippen molar-refractivity contribution in [3.05, 3.63) is 35.9 Å². The summed E-state index contributed by atoms with van der Waals surface area (Å²) in [5, 5.41) is 2.97. The van der Waals surface area contributed by atoms with Crippen LogP contribution in [0.4, 0.5) is 4.79 Å². The van der Waals surface area contributed by atoms with Gasteiger partial charge >= 0.3 is 6.09 Å². The fraction of sp³-hybridized carbons (Fsp3) is 0.562. The highest BCUT2D eigenvalue weighted by molar-refractivity contribution is 5.67. The van der Waals surface area contributed by atoms with Crippen molar-refractivity contribution in [1.29, 1.82) is 0 Å². The Bertz CT molecular complexity index is 421. The second-order valence-corrected chi connectivity index (χ2v) is 5.67. The Hall–Kier alpha value is -1.55. The number of benzene rings is 1. The predicted octanol–water partition coefficient (Wildman–Crippen LogP) is 2.97. The Kier molecular flexibility index (Phi) is 5.41. The van der Waals surface area contributed by atoms with E-state index >= 15 is 0 Å². The highest BCUT2D eigenvalue weighted by atomic mass is 16.5. The minimum Gasteiger partial charge on any atom is -0.445 e. The first-order chi connectivity index (χ1) is 9.65. The molecule has 1 saturated heterocycles. The molecule has 1 aliphatic heterocycles. The molecule has 1 aromatic rings. The van der Waals surface area contributed by atoms with Gasteiger partial charge in [-0.15, -0.1) is 0 Å². The van der Waals surface area contributed by atoms with Crippen molar-refractivity contribution >= 4 is 6.09 Å².